The van der Waals surface area contributed by atoms with Gasteiger partial charge in [0, 0.05) is 30.1 Å². The summed E-state index contributed by atoms with van der Waals surface area (Å²) in [7, 11) is 2.05. The average molecular weight is 285 g/mol. The number of aromatic hydroxyl groups is 1. The van der Waals surface area contributed by atoms with E-state index in [0.717, 1.165) is 16.7 Å². The van der Waals surface area contributed by atoms with E-state index in [-0.39, 0.29) is 10.8 Å². The van der Waals surface area contributed by atoms with Crippen LogP contribution in [0.4, 0.5) is 0 Å². The molecular formula is C19H27NO. The summed E-state index contributed by atoms with van der Waals surface area (Å²) in [5.74, 6) is 0.438. The molecule has 0 radical (unpaired) electrons. The van der Waals surface area contributed by atoms with E-state index in [2.05, 4.69) is 83.6 Å². The van der Waals surface area contributed by atoms with E-state index in [0.29, 0.717) is 5.75 Å². The zero-order chi connectivity index (χ0) is 16.0. The molecule has 1 heterocycles. The lowest BCUT2D eigenvalue weighted by Crippen LogP contribution is -2.17. The van der Waals surface area contributed by atoms with Crippen molar-refractivity contribution in [3.05, 3.63) is 41.6 Å². The number of nitrogens with zero attached hydrogens (tertiary/aromatic N) is 1. The van der Waals surface area contributed by atoms with Crippen molar-refractivity contribution >= 4 is 0 Å². The molecule has 1 N–H and O–H groups in total. The van der Waals surface area contributed by atoms with Crippen molar-refractivity contribution < 1.29 is 5.11 Å². The molecule has 0 unspecified atom stereocenters. The number of rotatable bonds is 1. The van der Waals surface area contributed by atoms with Crippen molar-refractivity contribution in [2.75, 3.05) is 0 Å². The van der Waals surface area contributed by atoms with Crippen LogP contribution in [-0.4, -0.2) is 9.67 Å². The molecule has 0 aliphatic carbocycles. The van der Waals surface area contributed by atoms with Gasteiger partial charge in [-0.3, -0.25) is 0 Å². The van der Waals surface area contributed by atoms with E-state index < -0.39 is 0 Å². The van der Waals surface area contributed by atoms with Gasteiger partial charge in [0.25, 0.3) is 0 Å². The van der Waals surface area contributed by atoms with Gasteiger partial charge >= 0.3 is 0 Å². The molecule has 0 fully saturated rings. The molecule has 0 saturated heterocycles. The smallest absolute Gasteiger partial charge is 0.123 e. The second-order valence-electron chi connectivity index (χ2n) is 7.92. The van der Waals surface area contributed by atoms with Crippen LogP contribution in [0, 0.1) is 0 Å². The molecule has 0 aliphatic rings. The molecule has 0 spiro atoms. The molecule has 0 bridgehead atoms. The van der Waals surface area contributed by atoms with Crippen LogP contribution in [0.2, 0.25) is 0 Å². The maximum atomic E-state index is 10.7. The van der Waals surface area contributed by atoms with Gasteiger partial charge in [-0.25, -0.2) is 0 Å². The second kappa shape index (κ2) is 4.94. The Morgan fingerprint density at radius 1 is 0.905 bits per heavy atom. The van der Waals surface area contributed by atoms with Crippen LogP contribution >= 0.6 is 0 Å². The van der Waals surface area contributed by atoms with Crippen LogP contribution in [0.25, 0.3) is 11.3 Å². The molecule has 21 heavy (non-hydrogen) atoms. The molecule has 0 saturated carbocycles. The SMILES string of the molecule is Cn1cccc1-c1cc(C(C)(C)C)c(O)c(C(C)(C)C)c1. The molecule has 2 rings (SSSR count). The van der Waals surface area contributed by atoms with Gasteiger partial charge in [0.2, 0.25) is 0 Å². The minimum absolute atomic E-state index is 0.0920. The minimum atomic E-state index is -0.0920. The summed E-state index contributed by atoms with van der Waals surface area (Å²) in [4.78, 5) is 0. The van der Waals surface area contributed by atoms with Crippen molar-refractivity contribution in [1.82, 2.24) is 4.57 Å². The number of phenolic OH excluding ortho intramolecular Hbond substituents is 1. The monoisotopic (exact) mass is 285 g/mol. The predicted molar refractivity (Wildman–Crippen MR) is 89.9 cm³/mol. The summed E-state index contributed by atoms with van der Waals surface area (Å²) in [6.07, 6.45) is 2.05. The van der Waals surface area contributed by atoms with Crippen LogP contribution < -0.4 is 0 Å². The third-order valence-electron chi connectivity index (χ3n) is 3.97. The highest BCUT2D eigenvalue weighted by Gasteiger charge is 2.27. The quantitative estimate of drug-likeness (QED) is 0.784. The van der Waals surface area contributed by atoms with E-state index in [1.165, 1.54) is 5.69 Å². The van der Waals surface area contributed by atoms with Gasteiger partial charge in [0.15, 0.2) is 0 Å². The first kappa shape index (κ1) is 15.7. The number of benzene rings is 1. The third kappa shape index (κ3) is 2.99. The zero-order valence-electron chi connectivity index (χ0n) is 14.3. The molecule has 2 nitrogen and oxygen atoms in total. The Balaban J connectivity index is 2.78. The number of hydrogen-bond donors (Lipinski definition) is 1. The summed E-state index contributed by atoms with van der Waals surface area (Å²) in [6, 6.07) is 8.42. The molecule has 114 valence electrons. The number of aromatic nitrogens is 1. The second-order valence-corrected chi connectivity index (χ2v) is 7.92. The van der Waals surface area contributed by atoms with Crippen LogP contribution in [0.15, 0.2) is 30.5 Å². The van der Waals surface area contributed by atoms with Gasteiger partial charge in [-0.05, 0) is 40.7 Å². The molecular weight excluding hydrogens is 258 g/mol. The minimum Gasteiger partial charge on any atom is -0.507 e. The first-order valence-electron chi connectivity index (χ1n) is 7.51. The number of phenols is 1. The van der Waals surface area contributed by atoms with Crippen molar-refractivity contribution in [2.45, 2.75) is 52.4 Å². The van der Waals surface area contributed by atoms with Crippen LogP contribution in [0.3, 0.4) is 0 Å². The Morgan fingerprint density at radius 2 is 1.38 bits per heavy atom. The average Bonchev–Trinajstić information content (AvgIpc) is 2.72. The van der Waals surface area contributed by atoms with Gasteiger partial charge in [0.1, 0.15) is 5.75 Å². The number of aryl methyl sites for hydroxylation is 1. The fourth-order valence-corrected chi connectivity index (χ4v) is 2.69. The predicted octanol–water partition coefficient (Wildman–Crippen LogP) is 4.99. The molecule has 1 aromatic heterocycles. The van der Waals surface area contributed by atoms with E-state index in [4.69, 9.17) is 0 Å². The van der Waals surface area contributed by atoms with Crippen molar-refractivity contribution in [1.29, 1.82) is 0 Å². The van der Waals surface area contributed by atoms with E-state index in [9.17, 15) is 5.11 Å². The Kier molecular flexibility index (Phi) is 3.69. The Hall–Kier alpha value is -1.70. The molecule has 2 heteroatoms. The van der Waals surface area contributed by atoms with Gasteiger partial charge < -0.3 is 9.67 Å². The third-order valence-corrected chi connectivity index (χ3v) is 3.97. The highest BCUT2D eigenvalue weighted by atomic mass is 16.3. The largest absolute Gasteiger partial charge is 0.507 e. The van der Waals surface area contributed by atoms with Gasteiger partial charge in [-0.1, -0.05) is 41.5 Å². The van der Waals surface area contributed by atoms with Crippen molar-refractivity contribution in [2.24, 2.45) is 7.05 Å². The highest BCUT2D eigenvalue weighted by molar-refractivity contribution is 5.66. The first-order chi connectivity index (χ1) is 9.51. The van der Waals surface area contributed by atoms with Crippen molar-refractivity contribution in [3.63, 3.8) is 0 Å². The van der Waals surface area contributed by atoms with Gasteiger partial charge in [-0.2, -0.15) is 0 Å². The van der Waals surface area contributed by atoms with Crippen LogP contribution in [0.5, 0.6) is 5.75 Å². The maximum absolute atomic E-state index is 10.7. The molecule has 1 aromatic carbocycles. The van der Waals surface area contributed by atoms with Gasteiger partial charge in [-0.15, -0.1) is 0 Å². The summed E-state index contributed by atoms with van der Waals surface area (Å²) in [6.45, 7) is 12.9. The van der Waals surface area contributed by atoms with E-state index in [1.54, 1.807) is 0 Å². The Morgan fingerprint density at radius 3 is 1.71 bits per heavy atom. The first-order valence-corrected chi connectivity index (χ1v) is 7.51. The number of hydrogen-bond acceptors (Lipinski definition) is 1. The lowest BCUT2D eigenvalue weighted by molar-refractivity contribution is 0.423. The summed E-state index contributed by atoms with van der Waals surface area (Å²) in [5.41, 5.74) is 4.16. The molecule has 0 atom stereocenters. The Bertz CT molecular complexity index is 616. The van der Waals surface area contributed by atoms with Crippen molar-refractivity contribution in [3.8, 4) is 17.0 Å². The lowest BCUT2D eigenvalue weighted by atomic mass is 9.78. The van der Waals surface area contributed by atoms with Crippen LogP contribution in [-0.2, 0) is 17.9 Å². The van der Waals surface area contributed by atoms with E-state index >= 15 is 0 Å². The molecule has 0 aliphatic heterocycles. The molecule has 2 aromatic rings. The summed E-state index contributed by atoms with van der Waals surface area (Å²) in [5, 5.41) is 10.7. The topological polar surface area (TPSA) is 25.2 Å². The highest BCUT2D eigenvalue weighted by Crippen LogP contribution is 2.41. The maximum Gasteiger partial charge on any atom is 0.123 e. The standard InChI is InChI=1S/C19H27NO/c1-18(2,3)14-11-13(16-9-8-10-20(16)7)12-15(17(14)21)19(4,5)6/h8-12,21H,1-7H3. The lowest BCUT2D eigenvalue weighted by Gasteiger charge is -2.28. The normalized spacial score (nSPS) is 12.7. The summed E-state index contributed by atoms with van der Waals surface area (Å²) < 4.78 is 2.12. The fraction of sp³-hybridized carbons (Fsp3) is 0.474. The molecule has 0 amide bonds. The van der Waals surface area contributed by atoms with Crippen LogP contribution in [0.1, 0.15) is 52.7 Å². The summed E-state index contributed by atoms with van der Waals surface area (Å²) >= 11 is 0. The van der Waals surface area contributed by atoms with E-state index in [1.807, 2.05) is 0 Å². The Labute approximate surface area is 128 Å². The zero-order valence-corrected chi connectivity index (χ0v) is 14.3. The van der Waals surface area contributed by atoms with Gasteiger partial charge in [0.05, 0.1) is 0 Å². The fourth-order valence-electron chi connectivity index (χ4n) is 2.69.